The molecule has 0 unspecified atom stereocenters. The van der Waals surface area contributed by atoms with E-state index in [0.717, 1.165) is 11.4 Å². The molecule has 2 nitrogen and oxygen atoms in total. The van der Waals surface area contributed by atoms with Gasteiger partial charge in [-0.3, -0.25) is 4.99 Å². The normalized spacial score (nSPS) is 13.8. The number of aliphatic imine (C=N–C) groups is 2. The predicted molar refractivity (Wildman–Crippen MR) is 65.0 cm³/mol. The summed E-state index contributed by atoms with van der Waals surface area (Å²) in [5.41, 5.74) is 3.22. The summed E-state index contributed by atoms with van der Waals surface area (Å²) in [5.74, 6) is 2.81. The lowest BCUT2D eigenvalue weighted by atomic mass is 9.87. The molecule has 0 atom stereocenters. The van der Waals surface area contributed by atoms with E-state index in [9.17, 15) is 0 Å². The average Bonchev–Trinajstić information content (AvgIpc) is 2.39. The lowest BCUT2D eigenvalue weighted by molar-refractivity contribution is 0.590. The molecule has 0 aromatic heterocycles. The van der Waals surface area contributed by atoms with Gasteiger partial charge in [0.1, 0.15) is 0 Å². The van der Waals surface area contributed by atoms with Gasteiger partial charge in [-0.2, -0.15) is 0 Å². The maximum atomic E-state index is 4.32. The highest BCUT2D eigenvalue weighted by Gasteiger charge is 2.15. The fourth-order valence-electron chi connectivity index (χ4n) is 1.45. The second kappa shape index (κ2) is 3.48. The smallest absolute Gasteiger partial charge is 0.0986 e. The molecule has 1 aromatic carbocycles. The third-order valence-electron chi connectivity index (χ3n) is 2.39. The van der Waals surface area contributed by atoms with Crippen molar-refractivity contribution in [2.24, 2.45) is 9.98 Å². The SMILES string of the molecule is CC(C)(C)c1ccc2c(c1)N=CC=C=N2. The molecule has 0 bridgehead atoms. The van der Waals surface area contributed by atoms with E-state index in [2.05, 4.69) is 48.8 Å². The van der Waals surface area contributed by atoms with Crippen molar-refractivity contribution in [1.82, 2.24) is 0 Å². The highest BCUT2D eigenvalue weighted by atomic mass is 14.8. The minimum absolute atomic E-state index is 0.147. The van der Waals surface area contributed by atoms with E-state index >= 15 is 0 Å². The Balaban J connectivity index is 2.54. The molecule has 76 valence electrons. The van der Waals surface area contributed by atoms with Crippen molar-refractivity contribution < 1.29 is 0 Å². The highest BCUT2D eigenvalue weighted by Crippen LogP contribution is 2.33. The zero-order valence-electron chi connectivity index (χ0n) is 9.28. The number of rotatable bonds is 0. The van der Waals surface area contributed by atoms with Gasteiger partial charge in [0.15, 0.2) is 0 Å². The van der Waals surface area contributed by atoms with Gasteiger partial charge in [-0.15, -0.1) is 0 Å². The fourth-order valence-corrected chi connectivity index (χ4v) is 1.45. The van der Waals surface area contributed by atoms with Gasteiger partial charge in [0.25, 0.3) is 0 Å². The molecular weight excluding hydrogens is 184 g/mol. The highest BCUT2D eigenvalue weighted by molar-refractivity contribution is 5.89. The van der Waals surface area contributed by atoms with Crippen LogP contribution in [0.2, 0.25) is 0 Å². The Morgan fingerprint density at radius 2 is 1.93 bits per heavy atom. The van der Waals surface area contributed by atoms with Crippen LogP contribution >= 0.6 is 0 Å². The van der Waals surface area contributed by atoms with Crippen molar-refractivity contribution in [1.29, 1.82) is 0 Å². The second-order valence-electron chi connectivity index (χ2n) is 4.64. The molecular formula is C13H14N2. The van der Waals surface area contributed by atoms with E-state index in [0.29, 0.717) is 0 Å². The predicted octanol–water partition coefficient (Wildman–Crippen LogP) is 3.56. The van der Waals surface area contributed by atoms with E-state index < -0.39 is 0 Å². The zero-order valence-corrected chi connectivity index (χ0v) is 9.28. The van der Waals surface area contributed by atoms with Crippen LogP contribution in [0.3, 0.4) is 0 Å². The molecule has 1 heterocycles. The molecule has 2 rings (SSSR count). The molecule has 1 aromatic rings. The van der Waals surface area contributed by atoms with Gasteiger partial charge >= 0.3 is 0 Å². The largest absolute Gasteiger partial charge is 0.254 e. The topological polar surface area (TPSA) is 24.7 Å². The molecule has 0 fully saturated rings. The van der Waals surface area contributed by atoms with Crippen LogP contribution in [0.25, 0.3) is 0 Å². The van der Waals surface area contributed by atoms with Gasteiger partial charge in [0.05, 0.1) is 11.4 Å². The van der Waals surface area contributed by atoms with E-state index in [-0.39, 0.29) is 5.41 Å². The molecule has 0 N–H and O–H groups in total. The van der Waals surface area contributed by atoms with Crippen LogP contribution < -0.4 is 0 Å². The van der Waals surface area contributed by atoms with Crippen molar-refractivity contribution >= 4 is 23.5 Å². The standard InChI is InChI=1S/C13H14N2/c1-13(2,3)10-5-6-11-12(9-10)15-8-4-7-14-11/h4-6,8-9H,1-3H3. The van der Waals surface area contributed by atoms with Crippen molar-refractivity contribution in [3.63, 3.8) is 0 Å². The van der Waals surface area contributed by atoms with Gasteiger partial charge < -0.3 is 0 Å². The van der Waals surface area contributed by atoms with Gasteiger partial charge in [-0.05, 0) is 29.0 Å². The Morgan fingerprint density at radius 3 is 2.67 bits per heavy atom. The lowest BCUT2D eigenvalue weighted by Crippen LogP contribution is -2.10. The first-order chi connectivity index (χ1) is 7.07. The summed E-state index contributed by atoms with van der Waals surface area (Å²) in [5, 5.41) is 0. The first-order valence-electron chi connectivity index (χ1n) is 5.04. The average molecular weight is 198 g/mol. The number of hydrogen-bond donors (Lipinski definition) is 0. The Labute approximate surface area is 90.1 Å². The maximum absolute atomic E-state index is 4.32. The summed E-state index contributed by atoms with van der Waals surface area (Å²) in [4.78, 5) is 8.50. The number of benzene rings is 1. The number of nitrogens with zero attached hydrogens (tertiary/aromatic N) is 2. The fraction of sp³-hybridized carbons (Fsp3) is 0.308. The van der Waals surface area contributed by atoms with Crippen LogP contribution in [0.5, 0.6) is 0 Å². The number of allylic oxidation sites excluding steroid dienone is 1. The lowest BCUT2D eigenvalue weighted by Gasteiger charge is -2.19. The van der Waals surface area contributed by atoms with Crippen molar-refractivity contribution in [2.75, 3.05) is 0 Å². The summed E-state index contributed by atoms with van der Waals surface area (Å²) in [7, 11) is 0. The van der Waals surface area contributed by atoms with Gasteiger partial charge in [-0.1, -0.05) is 26.8 Å². The van der Waals surface area contributed by atoms with Gasteiger partial charge in [0.2, 0.25) is 0 Å². The number of fused-ring (bicyclic) bond motifs is 1. The molecule has 0 saturated heterocycles. The van der Waals surface area contributed by atoms with Crippen LogP contribution in [0, 0.1) is 0 Å². The molecule has 2 heteroatoms. The van der Waals surface area contributed by atoms with Gasteiger partial charge in [0, 0.05) is 12.3 Å². The van der Waals surface area contributed by atoms with Crippen LogP contribution in [0.15, 0.2) is 34.3 Å². The molecule has 1 aliphatic rings. The van der Waals surface area contributed by atoms with Crippen LogP contribution in [-0.4, -0.2) is 12.1 Å². The minimum atomic E-state index is 0.147. The molecule has 0 spiro atoms. The number of hydrogen-bond acceptors (Lipinski definition) is 2. The Morgan fingerprint density at radius 1 is 1.13 bits per heavy atom. The summed E-state index contributed by atoms with van der Waals surface area (Å²) >= 11 is 0. The van der Waals surface area contributed by atoms with Gasteiger partial charge in [-0.25, -0.2) is 4.99 Å². The maximum Gasteiger partial charge on any atom is 0.0986 e. The summed E-state index contributed by atoms with van der Waals surface area (Å²) in [6, 6.07) is 6.19. The van der Waals surface area contributed by atoms with Crippen molar-refractivity contribution in [2.45, 2.75) is 26.2 Å². The third kappa shape index (κ3) is 2.05. The molecule has 1 aliphatic heterocycles. The first-order valence-corrected chi connectivity index (χ1v) is 5.04. The summed E-state index contributed by atoms with van der Waals surface area (Å²) in [6.45, 7) is 6.57. The van der Waals surface area contributed by atoms with E-state index in [1.807, 2.05) is 6.07 Å². The van der Waals surface area contributed by atoms with Crippen molar-refractivity contribution in [3.05, 3.63) is 29.8 Å². The monoisotopic (exact) mass is 198 g/mol. The van der Waals surface area contributed by atoms with E-state index in [1.165, 1.54) is 5.56 Å². The second-order valence-corrected chi connectivity index (χ2v) is 4.64. The Bertz CT molecular complexity index is 470. The van der Waals surface area contributed by atoms with Crippen LogP contribution in [0.1, 0.15) is 26.3 Å². The van der Waals surface area contributed by atoms with E-state index in [4.69, 9.17) is 0 Å². The first kappa shape index (κ1) is 9.88. The Hall–Kier alpha value is -1.66. The summed E-state index contributed by atoms with van der Waals surface area (Å²) in [6.07, 6.45) is 3.44. The quantitative estimate of drug-likeness (QED) is 0.609. The molecule has 15 heavy (non-hydrogen) atoms. The molecule has 0 aliphatic carbocycles. The third-order valence-corrected chi connectivity index (χ3v) is 2.39. The Kier molecular flexibility index (Phi) is 2.29. The molecule has 0 radical (unpaired) electrons. The van der Waals surface area contributed by atoms with Crippen molar-refractivity contribution in [3.8, 4) is 0 Å². The summed E-state index contributed by atoms with van der Waals surface area (Å²) < 4.78 is 0. The molecule has 0 amide bonds. The molecule has 0 saturated carbocycles. The van der Waals surface area contributed by atoms with Crippen LogP contribution in [-0.2, 0) is 5.41 Å². The zero-order chi connectivity index (χ0) is 10.9. The minimum Gasteiger partial charge on any atom is -0.254 e. The van der Waals surface area contributed by atoms with Crippen LogP contribution in [0.4, 0.5) is 11.4 Å². The van der Waals surface area contributed by atoms with E-state index in [1.54, 1.807) is 12.3 Å².